The van der Waals surface area contributed by atoms with Crippen molar-refractivity contribution >= 4 is 5.97 Å². The Morgan fingerprint density at radius 2 is 2.30 bits per heavy atom. The van der Waals surface area contributed by atoms with Gasteiger partial charge in [0.2, 0.25) is 0 Å². The standard InChI is InChI=1S/C7H12O3/c1-3-5-10-7(8)4-6-9-2/h4,6H,3,5H2,1-2H3. The monoisotopic (exact) mass is 144 g/mol. The van der Waals surface area contributed by atoms with Crippen LogP contribution in [0.5, 0.6) is 0 Å². The third-order valence-corrected chi connectivity index (χ3v) is 0.789. The van der Waals surface area contributed by atoms with Crippen LogP contribution in [-0.4, -0.2) is 19.7 Å². The summed E-state index contributed by atoms with van der Waals surface area (Å²) in [4.78, 5) is 10.6. The van der Waals surface area contributed by atoms with Crippen molar-refractivity contribution in [1.82, 2.24) is 0 Å². The summed E-state index contributed by atoms with van der Waals surface area (Å²) < 4.78 is 9.20. The molecule has 0 radical (unpaired) electrons. The van der Waals surface area contributed by atoms with Crippen LogP contribution in [0.15, 0.2) is 12.3 Å². The zero-order valence-electron chi connectivity index (χ0n) is 6.29. The van der Waals surface area contributed by atoms with Crippen LogP contribution in [0, 0.1) is 0 Å². The maximum atomic E-state index is 10.6. The van der Waals surface area contributed by atoms with Gasteiger partial charge in [-0.2, -0.15) is 0 Å². The summed E-state index contributed by atoms with van der Waals surface area (Å²) in [6, 6.07) is 0. The predicted molar refractivity (Wildman–Crippen MR) is 37.4 cm³/mol. The zero-order chi connectivity index (χ0) is 7.82. The zero-order valence-corrected chi connectivity index (χ0v) is 6.29. The first kappa shape index (κ1) is 9.01. The highest BCUT2D eigenvalue weighted by Gasteiger charge is 1.92. The van der Waals surface area contributed by atoms with Crippen molar-refractivity contribution in [2.75, 3.05) is 13.7 Å². The van der Waals surface area contributed by atoms with Crippen LogP contribution in [0.1, 0.15) is 13.3 Å². The van der Waals surface area contributed by atoms with Crippen molar-refractivity contribution in [2.45, 2.75) is 13.3 Å². The third-order valence-electron chi connectivity index (χ3n) is 0.789. The first-order chi connectivity index (χ1) is 4.81. The van der Waals surface area contributed by atoms with Crippen LogP contribution in [0.25, 0.3) is 0 Å². The molecule has 0 aliphatic rings. The minimum atomic E-state index is -0.358. The van der Waals surface area contributed by atoms with Crippen LogP contribution in [0.3, 0.4) is 0 Å². The molecule has 0 atom stereocenters. The Labute approximate surface area is 60.6 Å². The number of esters is 1. The van der Waals surface area contributed by atoms with Gasteiger partial charge in [0.25, 0.3) is 0 Å². The quantitative estimate of drug-likeness (QED) is 0.336. The summed E-state index contributed by atoms with van der Waals surface area (Å²) >= 11 is 0. The van der Waals surface area contributed by atoms with Gasteiger partial charge in [0.05, 0.1) is 26.1 Å². The van der Waals surface area contributed by atoms with Crippen LogP contribution >= 0.6 is 0 Å². The summed E-state index contributed by atoms with van der Waals surface area (Å²) in [7, 11) is 1.48. The molecule has 0 heterocycles. The fraction of sp³-hybridized carbons (Fsp3) is 0.571. The second kappa shape index (κ2) is 6.13. The highest BCUT2D eigenvalue weighted by molar-refractivity contribution is 5.81. The van der Waals surface area contributed by atoms with Crippen molar-refractivity contribution in [3.8, 4) is 0 Å². The lowest BCUT2D eigenvalue weighted by Crippen LogP contribution is -2.00. The second-order valence-corrected chi connectivity index (χ2v) is 1.71. The Balaban J connectivity index is 3.34. The molecule has 0 saturated heterocycles. The first-order valence-electron chi connectivity index (χ1n) is 3.17. The van der Waals surface area contributed by atoms with E-state index in [1.165, 1.54) is 19.4 Å². The van der Waals surface area contributed by atoms with E-state index in [2.05, 4.69) is 9.47 Å². The van der Waals surface area contributed by atoms with E-state index >= 15 is 0 Å². The maximum Gasteiger partial charge on any atom is 0.333 e. The fourth-order valence-corrected chi connectivity index (χ4v) is 0.374. The molecule has 0 aliphatic carbocycles. The summed E-state index contributed by atoms with van der Waals surface area (Å²) in [5.74, 6) is -0.358. The molecule has 58 valence electrons. The Hall–Kier alpha value is -0.990. The minimum absolute atomic E-state index is 0.358. The number of methoxy groups -OCH3 is 1. The molecule has 3 nitrogen and oxygen atoms in total. The molecule has 10 heavy (non-hydrogen) atoms. The van der Waals surface area contributed by atoms with Gasteiger partial charge in [-0.25, -0.2) is 4.79 Å². The van der Waals surface area contributed by atoms with Crippen LogP contribution < -0.4 is 0 Å². The average Bonchev–Trinajstić information content (AvgIpc) is 1.97. The second-order valence-electron chi connectivity index (χ2n) is 1.71. The number of carbonyl (C=O) groups excluding carboxylic acids is 1. The van der Waals surface area contributed by atoms with Gasteiger partial charge in [0.1, 0.15) is 0 Å². The fourth-order valence-electron chi connectivity index (χ4n) is 0.374. The van der Waals surface area contributed by atoms with E-state index in [1.807, 2.05) is 6.92 Å². The molecule has 0 N–H and O–H groups in total. The van der Waals surface area contributed by atoms with Crippen molar-refractivity contribution < 1.29 is 14.3 Å². The summed E-state index contributed by atoms with van der Waals surface area (Å²) in [5, 5.41) is 0. The highest BCUT2D eigenvalue weighted by Crippen LogP contribution is 1.84. The molecule has 0 spiro atoms. The molecule has 0 rings (SSSR count). The number of ether oxygens (including phenoxy) is 2. The van der Waals surface area contributed by atoms with Crippen molar-refractivity contribution in [3.63, 3.8) is 0 Å². The number of rotatable bonds is 4. The van der Waals surface area contributed by atoms with Crippen LogP contribution in [0.2, 0.25) is 0 Å². The van der Waals surface area contributed by atoms with E-state index in [9.17, 15) is 4.79 Å². The van der Waals surface area contributed by atoms with Gasteiger partial charge in [0, 0.05) is 0 Å². The lowest BCUT2D eigenvalue weighted by molar-refractivity contribution is -0.137. The van der Waals surface area contributed by atoms with Crippen molar-refractivity contribution in [3.05, 3.63) is 12.3 Å². The average molecular weight is 144 g/mol. The van der Waals surface area contributed by atoms with Gasteiger partial charge in [-0.05, 0) is 6.42 Å². The van der Waals surface area contributed by atoms with E-state index in [4.69, 9.17) is 0 Å². The summed E-state index contributed by atoms with van der Waals surface area (Å²) in [6.45, 7) is 2.40. The van der Waals surface area contributed by atoms with Crippen LogP contribution in [0.4, 0.5) is 0 Å². The predicted octanol–water partition coefficient (Wildman–Crippen LogP) is 1.10. The molecule has 0 fully saturated rings. The lowest BCUT2D eigenvalue weighted by atomic mass is 10.5. The van der Waals surface area contributed by atoms with Gasteiger partial charge in [-0.3, -0.25) is 0 Å². The molecule has 0 unspecified atom stereocenters. The summed E-state index contributed by atoms with van der Waals surface area (Å²) in [6.07, 6.45) is 3.38. The molecule has 0 aliphatic heterocycles. The molecule has 0 bridgehead atoms. The summed E-state index contributed by atoms with van der Waals surface area (Å²) in [5.41, 5.74) is 0. The Morgan fingerprint density at radius 1 is 1.60 bits per heavy atom. The van der Waals surface area contributed by atoms with E-state index in [-0.39, 0.29) is 5.97 Å². The van der Waals surface area contributed by atoms with Crippen molar-refractivity contribution in [1.29, 1.82) is 0 Å². The Morgan fingerprint density at radius 3 is 2.80 bits per heavy atom. The molecular formula is C7H12O3. The normalized spacial score (nSPS) is 9.80. The molecule has 0 amide bonds. The van der Waals surface area contributed by atoms with E-state index in [0.29, 0.717) is 6.61 Å². The van der Waals surface area contributed by atoms with Gasteiger partial charge < -0.3 is 9.47 Å². The van der Waals surface area contributed by atoms with Gasteiger partial charge in [-0.15, -0.1) is 0 Å². The van der Waals surface area contributed by atoms with E-state index in [1.54, 1.807) is 0 Å². The molecule has 0 aromatic rings. The first-order valence-corrected chi connectivity index (χ1v) is 3.17. The Kier molecular flexibility index (Phi) is 5.53. The van der Waals surface area contributed by atoms with Gasteiger partial charge >= 0.3 is 5.97 Å². The van der Waals surface area contributed by atoms with Gasteiger partial charge in [-0.1, -0.05) is 6.92 Å². The number of carbonyl (C=O) groups is 1. The molecule has 0 aromatic carbocycles. The smallest absolute Gasteiger partial charge is 0.333 e. The van der Waals surface area contributed by atoms with Crippen molar-refractivity contribution in [2.24, 2.45) is 0 Å². The Bertz CT molecular complexity index is 118. The van der Waals surface area contributed by atoms with E-state index < -0.39 is 0 Å². The number of hydrogen-bond acceptors (Lipinski definition) is 3. The largest absolute Gasteiger partial charge is 0.504 e. The lowest BCUT2D eigenvalue weighted by Gasteiger charge is -1.96. The molecular weight excluding hydrogens is 132 g/mol. The van der Waals surface area contributed by atoms with Crippen LogP contribution in [-0.2, 0) is 14.3 Å². The minimum Gasteiger partial charge on any atom is -0.504 e. The SMILES string of the molecule is CCCOC(=O)C=COC. The number of hydrogen-bond donors (Lipinski definition) is 0. The van der Waals surface area contributed by atoms with Gasteiger partial charge in [0.15, 0.2) is 0 Å². The third kappa shape index (κ3) is 5.15. The molecule has 0 aromatic heterocycles. The molecule has 0 saturated carbocycles. The maximum absolute atomic E-state index is 10.6. The molecule has 3 heteroatoms. The topological polar surface area (TPSA) is 35.5 Å². The van der Waals surface area contributed by atoms with E-state index in [0.717, 1.165) is 6.42 Å². The highest BCUT2D eigenvalue weighted by atomic mass is 16.5.